The van der Waals surface area contributed by atoms with Gasteiger partial charge in [0, 0.05) is 30.5 Å². The predicted molar refractivity (Wildman–Crippen MR) is 101 cm³/mol. The van der Waals surface area contributed by atoms with E-state index < -0.39 is 0 Å². The lowest BCUT2D eigenvalue weighted by Gasteiger charge is -2.17. The highest BCUT2D eigenvalue weighted by Gasteiger charge is 2.32. The zero-order valence-corrected chi connectivity index (χ0v) is 15.8. The van der Waals surface area contributed by atoms with Crippen LogP contribution in [0, 0.1) is 13.8 Å². The monoisotopic (exact) mass is 349 g/mol. The molecule has 6 heteroatoms. The molecule has 0 aromatic carbocycles. The van der Waals surface area contributed by atoms with Crippen LogP contribution in [0.3, 0.4) is 0 Å². The number of amides is 1. The lowest BCUT2D eigenvalue weighted by Crippen LogP contribution is -2.34. The number of nitrogens with zero attached hydrogens (tertiary/aromatic N) is 3. The summed E-state index contributed by atoms with van der Waals surface area (Å²) >= 11 is 6.80. The van der Waals surface area contributed by atoms with Crippen LogP contribution in [-0.4, -0.2) is 51.8 Å². The van der Waals surface area contributed by atoms with Crippen molar-refractivity contribution in [1.29, 1.82) is 0 Å². The van der Waals surface area contributed by atoms with Gasteiger partial charge in [0.15, 0.2) is 0 Å². The van der Waals surface area contributed by atoms with Gasteiger partial charge in [-0.1, -0.05) is 24.0 Å². The molecule has 0 spiro atoms. The fourth-order valence-corrected chi connectivity index (χ4v) is 4.28. The maximum Gasteiger partial charge on any atom is 0.266 e. The van der Waals surface area contributed by atoms with Gasteiger partial charge < -0.3 is 9.47 Å². The Labute approximate surface area is 147 Å². The van der Waals surface area contributed by atoms with Gasteiger partial charge in [0.25, 0.3) is 5.91 Å². The molecule has 0 unspecified atom stereocenters. The molecule has 1 amide bonds. The average Bonchev–Trinajstić information content (AvgIpc) is 3.20. The number of hydrogen-bond donors (Lipinski definition) is 0. The third-order valence-electron chi connectivity index (χ3n) is 4.37. The molecule has 2 heterocycles. The van der Waals surface area contributed by atoms with Gasteiger partial charge in [-0.05, 0) is 58.5 Å². The lowest BCUT2D eigenvalue weighted by molar-refractivity contribution is -0.122. The molecule has 2 aliphatic rings. The zero-order valence-electron chi connectivity index (χ0n) is 14.1. The summed E-state index contributed by atoms with van der Waals surface area (Å²) < 4.78 is 3.07. The van der Waals surface area contributed by atoms with E-state index in [0.717, 1.165) is 17.0 Å². The Morgan fingerprint density at radius 3 is 2.70 bits per heavy atom. The zero-order chi connectivity index (χ0) is 16.7. The smallest absolute Gasteiger partial charge is 0.266 e. The van der Waals surface area contributed by atoms with Crippen LogP contribution in [0.4, 0.5) is 0 Å². The number of aromatic nitrogens is 1. The van der Waals surface area contributed by atoms with Crippen molar-refractivity contribution in [1.82, 2.24) is 14.4 Å². The van der Waals surface area contributed by atoms with Crippen LogP contribution in [0.15, 0.2) is 11.0 Å². The number of carbonyl (C=O) groups is 1. The van der Waals surface area contributed by atoms with E-state index >= 15 is 0 Å². The number of carbonyl (C=O) groups excluding carboxylic acids is 1. The highest BCUT2D eigenvalue weighted by Crippen LogP contribution is 2.39. The molecule has 0 radical (unpaired) electrons. The van der Waals surface area contributed by atoms with Crippen molar-refractivity contribution in [3.8, 4) is 0 Å². The van der Waals surface area contributed by atoms with Gasteiger partial charge in [0.05, 0.1) is 4.91 Å². The Morgan fingerprint density at radius 1 is 1.39 bits per heavy atom. The highest BCUT2D eigenvalue weighted by atomic mass is 32.2. The van der Waals surface area contributed by atoms with Crippen molar-refractivity contribution < 1.29 is 4.79 Å². The van der Waals surface area contributed by atoms with E-state index in [1.54, 1.807) is 4.90 Å². The second-order valence-electron chi connectivity index (χ2n) is 6.56. The van der Waals surface area contributed by atoms with Gasteiger partial charge in [0.2, 0.25) is 0 Å². The quantitative estimate of drug-likeness (QED) is 0.603. The van der Waals surface area contributed by atoms with Crippen molar-refractivity contribution in [2.75, 3.05) is 27.2 Å². The van der Waals surface area contributed by atoms with Crippen LogP contribution >= 0.6 is 24.0 Å². The first-order valence-electron chi connectivity index (χ1n) is 7.97. The Morgan fingerprint density at radius 2 is 2.09 bits per heavy atom. The summed E-state index contributed by atoms with van der Waals surface area (Å²) in [7, 11) is 4.00. The van der Waals surface area contributed by atoms with Crippen LogP contribution in [0.2, 0.25) is 0 Å². The minimum Gasteiger partial charge on any atom is -0.346 e. The van der Waals surface area contributed by atoms with E-state index in [2.05, 4.69) is 29.4 Å². The van der Waals surface area contributed by atoms with Gasteiger partial charge in [-0.3, -0.25) is 9.69 Å². The normalized spacial score (nSPS) is 20.4. The SMILES string of the molecule is Cc1cc(/C=C2/SC(=S)N(CCN(C)C)C2=O)c(C)n1C1CC1. The van der Waals surface area contributed by atoms with Crippen LogP contribution < -0.4 is 0 Å². The highest BCUT2D eigenvalue weighted by molar-refractivity contribution is 8.26. The first-order chi connectivity index (χ1) is 10.9. The minimum absolute atomic E-state index is 0.0399. The Kier molecular flexibility index (Phi) is 4.67. The fourth-order valence-electron chi connectivity index (χ4n) is 2.98. The predicted octanol–water partition coefficient (Wildman–Crippen LogP) is 3.20. The molecule has 0 atom stereocenters. The molecule has 1 aromatic rings. The molecule has 0 bridgehead atoms. The fraction of sp³-hybridized carbons (Fsp3) is 0.529. The van der Waals surface area contributed by atoms with Gasteiger partial charge in [-0.25, -0.2) is 0 Å². The van der Waals surface area contributed by atoms with Crippen LogP contribution in [0.1, 0.15) is 35.8 Å². The second-order valence-corrected chi connectivity index (χ2v) is 8.24. The molecular formula is C17H23N3OS2. The third-order valence-corrected chi connectivity index (χ3v) is 5.74. The van der Waals surface area contributed by atoms with E-state index in [9.17, 15) is 4.79 Å². The van der Waals surface area contributed by atoms with E-state index in [1.165, 1.54) is 36.0 Å². The minimum atomic E-state index is 0.0399. The molecule has 0 N–H and O–H groups in total. The summed E-state index contributed by atoms with van der Waals surface area (Å²) in [6.45, 7) is 5.75. The standard InChI is InChI=1S/C17H23N3OS2/c1-11-9-13(12(2)20(11)14-5-6-14)10-15-16(21)19(17(22)23-15)8-7-18(3)4/h9-10,14H,5-8H2,1-4H3/b15-10+. The molecule has 1 saturated carbocycles. The molecule has 1 aromatic heterocycles. The lowest BCUT2D eigenvalue weighted by atomic mass is 10.2. The summed E-state index contributed by atoms with van der Waals surface area (Å²) in [6.07, 6.45) is 4.54. The largest absolute Gasteiger partial charge is 0.346 e. The second kappa shape index (κ2) is 6.42. The van der Waals surface area contributed by atoms with Gasteiger partial charge in [-0.15, -0.1) is 0 Å². The van der Waals surface area contributed by atoms with Gasteiger partial charge in [-0.2, -0.15) is 0 Å². The van der Waals surface area contributed by atoms with Crippen molar-refractivity contribution in [2.45, 2.75) is 32.7 Å². The maximum atomic E-state index is 12.6. The summed E-state index contributed by atoms with van der Waals surface area (Å²) in [5.41, 5.74) is 3.67. The Balaban J connectivity index is 1.82. The van der Waals surface area contributed by atoms with Crippen LogP contribution in [0.25, 0.3) is 6.08 Å². The molecule has 1 saturated heterocycles. The van der Waals surface area contributed by atoms with E-state index in [1.807, 2.05) is 20.2 Å². The van der Waals surface area contributed by atoms with Crippen molar-refractivity contribution in [3.63, 3.8) is 0 Å². The molecule has 2 fully saturated rings. The van der Waals surface area contributed by atoms with E-state index in [0.29, 0.717) is 16.9 Å². The van der Waals surface area contributed by atoms with Crippen LogP contribution in [0.5, 0.6) is 0 Å². The average molecular weight is 350 g/mol. The molecule has 4 nitrogen and oxygen atoms in total. The molecule has 3 rings (SSSR count). The van der Waals surface area contributed by atoms with Crippen LogP contribution in [-0.2, 0) is 4.79 Å². The third kappa shape index (κ3) is 3.39. The topological polar surface area (TPSA) is 28.5 Å². The van der Waals surface area contributed by atoms with Crippen molar-refractivity contribution in [2.24, 2.45) is 0 Å². The number of thioether (sulfide) groups is 1. The van der Waals surface area contributed by atoms with Gasteiger partial charge in [0.1, 0.15) is 4.32 Å². The summed E-state index contributed by atoms with van der Waals surface area (Å²) in [4.78, 5) is 17.1. The number of aryl methyl sites for hydroxylation is 1. The molecule has 1 aliphatic carbocycles. The first-order valence-corrected chi connectivity index (χ1v) is 9.19. The molecule has 124 valence electrons. The number of hydrogen-bond acceptors (Lipinski definition) is 4. The Bertz CT molecular complexity index is 686. The summed E-state index contributed by atoms with van der Waals surface area (Å²) in [5.74, 6) is 0.0399. The van der Waals surface area contributed by atoms with E-state index in [-0.39, 0.29) is 5.91 Å². The van der Waals surface area contributed by atoms with Crippen molar-refractivity contribution >= 4 is 40.3 Å². The summed E-state index contributed by atoms with van der Waals surface area (Å²) in [5, 5.41) is 0. The molecular weight excluding hydrogens is 326 g/mol. The van der Waals surface area contributed by atoms with Crippen molar-refractivity contribution in [3.05, 3.63) is 27.9 Å². The Hall–Kier alpha value is -1.11. The number of thiocarbonyl (C=S) groups is 1. The van der Waals surface area contributed by atoms with Gasteiger partial charge >= 0.3 is 0 Å². The van der Waals surface area contributed by atoms with E-state index in [4.69, 9.17) is 12.2 Å². The number of likely N-dealkylation sites (N-methyl/N-ethyl adjacent to an activating group) is 1. The molecule has 1 aliphatic heterocycles. The summed E-state index contributed by atoms with van der Waals surface area (Å²) in [6, 6.07) is 2.84. The number of rotatable bonds is 5. The maximum absolute atomic E-state index is 12.6. The molecule has 23 heavy (non-hydrogen) atoms. The first kappa shape index (κ1) is 16.7.